The average molecular weight is 479 g/mol. The Balaban J connectivity index is 1.38. The summed E-state index contributed by atoms with van der Waals surface area (Å²) in [6.45, 7) is 6.26. The van der Waals surface area contributed by atoms with Crippen LogP contribution in [0.5, 0.6) is 0 Å². The van der Waals surface area contributed by atoms with Crippen LogP contribution < -0.4 is 5.32 Å². The molecule has 2 amide bonds. The molecule has 3 N–H and O–H groups in total. The number of para-hydroxylation sites is 1. The van der Waals surface area contributed by atoms with Crippen molar-refractivity contribution in [1.82, 2.24) is 10.2 Å². The van der Waals surface area contributed by atoms with Gasteiger partial charge in [0.25, 0.3) is 5.91 Å². The van der Waals surface area contributed by atoms with Gasteiger partial charge in [-0.15, -0.1) is 0 Å². The van der Waals surface area contributed by atoms with Crippen molar-refractivity contribution in [3.8, 4) is 6.07 Å². The lowest BCUT2D eigenvalue weighted by Gasteiger charge is -2.28. The van der Waals surface area contributed by atoms with Crippen LogP contribution in [0.1, 0.15) is 32.8 Å². The maximum absolute atomic E-state index is 13.0. The van der Waals surface area contributed by atoms with Crippen molar-refractivity contribution in [2.75, 3.05) is 13.2 Å². The molecule has 1 aliphatic heterocycles. The number of hydrogen-bond acceptors (Lipinski definition) is 7. The minimum atomic E-state index is -1.81. The number of ether oxygens (including phenoxy) is 1. The Kier molecular flexibility index (Phi) is 6.92. The van der Waals surface area contributed by atoms with Crippen LogP contribution in [-0.2, 0) is 16.0 Å². The smallest absolute Gasteiger partial charge is 0.464 e. The third-order valence-corrected chi connectivity index (χ3v) is 6.54. The number of furan rings is 1. The Hall–Kier alpha value is -3.29. The van der Waals surface area contributed by atoms with Gasteiger partial charge in [0.2, 0.25) is 0 Å². The van der Waals surface area contributed by atoms with Crippen molar-refractivity contribution < 1.29 is 28.8 Å². The van der Waals surface area contributed by atoms with E-state index in [4.69, 9.17) is 9.15 Å². The van der Waals surface area contributed by atoms with E-state index in [9.17, 15) is 24.9 Å². The molecule has 4 rings (SSSR count). The molecule has 9 nitrogen and oxygen atoms in total. The van der Waals surface area contributed by atoms with Gasteiger partial charge in [-0.25, -0.2) is 4.79 Å². The minimum absolute atomic E-state index is 0.0319. The van der Waals surface area contributed by atoms with Crippen molar-refractivity contribution >= 4 is 30.1 Å². The highest BCUT2D eigenvalue weighted by molar-refractivity contribution is 6.43. The van der Waals surface area contributed by atoms with E-state index >= 15 is 0 Å². The Morgan fingerprint density at radius 1 is 1.37 bits per heavy atom. The standard InChI is InChI=1S/C25H30BN3O6/c1-25(2,3)10-17(11-27)23(30)29-12-15-8-19(15)20(29)14-35-24(31)28-22(26(32)33)9-16-13-34-21-7-5-4-6-18(16)21/h4-7,10,13,15,19-20,22,32-33H,8-9,12,14H2,1-3H3,(H,28,31)/b17-10+/t15-,19-,20-,22-/m0/s1. The third kappa shape index (κ3) is 5.69. The SMILES string of the molecule is CC(C)(C)/C=C(\C#N)C(=O)N1C[C@@H]2C[C@@H]2[C@@H]1COC(=O)N[C@@H](Cc1coc2ccccc12)B(O)O. The molecule has 0 radical (unpaired) electrons. The molecule has 10 heteroatoms. The molecule has 184 valence electrons. The van der Waals surface area contributed by atoms with Crippen molar-refractivity contribution in [3.63, 3.8) is 0 Å². The highest BCUT2D eigenvalue weighted by Crippen LogP contribution is 2.50. The van der Waals surface area contributed by atoms with Crippen LogP contribution in [0.15, 0.2) is 46.6 Å². The molecule has 1 aliphatic carbocycles. The van der Waals surface area contributed by atoms with E-state index in [1.165, 1.54) is 6.26 Å². The number of carbonyl (C=O) groups is 2. The number of benzene rings is 1. The van der Waals surface area contributed by atoms with E-state index in [-0.39, 0.29) is 41.9 Å². The van der Waals surface area contributed by atoms with Crippen LogP contribution in [0, 0.1) is 28.6 Å². The number of nitriles is 1. The summed E-state index contributed by atoms with van der Waals surface area (Å²) in [6.07, 6.45) is 3.47. The highest BCUT2D eigenvalue weighted by atomic mass is 16.5. The first-order valence-corrected chi connectivity index (χ1v) is 11.8. The lowest BCUT2D eigenvalue weighted by molar-refractivity contribution is -0.129. The zero-order chi connectivity index (χ0) is 25.3. The van der Waals surface area contributed by atoms with Gasteiger partial charge in [0.05, 0.1) is 18.2 Å². The van der Waals surface area contributed by atoms with Crippen LogP contribution in [-0.4, -0.2) is 59.2 Å². The van der Waals surface area contributed by atoms with E-state index in [0.717, 1.165) is 17.4 Å². The molecule has 4 atom stereocenters. The Labute approximate surface area is 204 Å². The summed E-state index contributed by atoms with van der Waals surface area (Å²) in [5.74, 6) is -0.776. The summed E-state index contributed by atoms with van der Waals surface area (Å²) in [6, 6.07) is 9.04. The molecule has 2 aromatic rings. The molecule has 35 heavy (non-hydrogen) atoms. The number of likely N-dealkylation sites (tertiary alicyclic amines) is 1. The number of amides is 2. The van der Waals surface area contributed by atoms with Gasteiger partial charge < -0.3 is 29.4 Å². The van der Waals surface area contributed by atoms with Crippen LogP contribution in [0.4, 0.5) is 4.79 Å². The fourth-order valence-electron chi connectivity index (χ4n) is 4.76. The largest absolute Gasteiger partial charge is 0.475 e. The summed E-state index contributed by atoms with van der Waals surface area (Å²) in [5, 5.41) is 32.5. The molecule has 1 saturated carbocycles. The maximum atomic E-state index is 13.0. The minimum Gasteiger partial charge on any atom is -0.464 e. The fraction of sp³-hybridized carbons (Fsp3) is 0.480. The molecule has 2 aliphatic rings. The average Bonchev–Trinajstić information content (AvgIpc) is 3.30. The molecule has 1 aromatic heterocycles. The predicted octanol–water partition coefficient (Wildman–Crippen LogP) is 2.43. The van der Waals surface area contributed by atoms with Gasteiger partial charge in [-0.2, -0.15) is 5.26 Å². The van der Waals surface area contributed by atoms with Gasteiger partial charge >= 0.3 is 13.2 Å². The first-order chi connectivity index (χ1) is 16.6. The lowest BCUT2D eigenvalue weighted by Crippen LogP contribution is -2.49. The lowest BCUT2D eigenvalue weighted by atomic mass is 9.76. The summed E-state index contributed by atoms with van der Waals surface area (Å²) in [4.78, 5) is 27.2. The van der Waals surface area contributed by atoms with Crippen LogP contribution >= 0.6 is 0 Å². The monoisotopic (exact) mass is 479 g/mol. The number of carbonyl (C=O) groups excluding carboxylic acids is 2. The molecule has 0 bridgehead atoms. The number of fused-ring (bicyclic) bond motifs is 2. The quantitative estimate of drug-likeness (QED) is 0.315. The van der Waals surface area contributed by atoms with E-state index in [1.807, 2.05) is 45.0 Å². The van der Waals surface area contributed by atoms with Crippen molar-refractivity contribution in [3.05, 3.63) is 47.7 Å². The third-order valence-electron chi connectivity index (χ3n) is 6.54. The Morgan fingerprint density at radius 3 is 2.80 bits per heavy atom. The normalized spacial score (nSPS) is 22.3. The number of hydrogen-bond donors (Lipinski definition) is 3. The van der Waals surface area contributed by atoms with Crippen LogP contribution in [0.25, 0.3) is 11.0 Å². The number of nitrogens with zero attached hydrogens (tertiary/aromatic N) is 2. The van der Waals surface area contributed by atoms with Gasteiger partial charge in [0.15, 0.2) is 0 Å². The Bertz CT molecular complexity index is 1180. The maximum Gasteiger partial charge on any atom is 0.475 e. The molecule has 0 spiro atoms. The number of alkyl carbamates (subject to hydrolysis) is 1. The van der Waals surface area contributed by atoms with E-state index in [1.54, 1.807) is 17.0 Å². The van der Waals surface area contributed by atoms with Crippen LogP contribution in [0.2, 0.25) is 0 Å². The van der Waals surface area contributed by atoms with Gasteiger partial charge in [-0.1, -0.05) is 45.0 Å². The van der Waals surface area contributed by atoms with E-state index in [2.05, 4.69) is 5.32 Å². The zero-order valence-electron chi connectivity index (χ0n) is 20.1. The highest BCUT2D eigenvalue weighted by Gasteiger charge is 2.54. The Morgan fingerprint density at radius 2 is 2.11 bits per heavy atom. The summed E-state index contributed by atoms with van der Waals surface area (Å²) in [5.41, 5.74) is 1.15. The van der Waals surface area contributed by atoms with Crippen molar-refractivity contribution in [2.45, 2.75) is 45.6 Å². The van der Waals surface area contributed by atoms with Gasteiger partial charge in [0.1, 0.15) is 23.8 Å². The molecular weight excluding hydrogens is 449 g/mol. The van der Waals surface area contributed by atoms with Gasteiger partial charge in [-0.05, 0) is 41.7 Å². The van der Waals surface area contributed by atoms with Gasteiger partial charge in [-0.3, -0.25) is 4.79 Å². The number of nitrogens with one attached hydrogen (secondary N) is 1. The molecular formula is C25H30BN3O6. The van der Waals surface area contributed by atoms with E-state index < -0.39 is 19.2 Å². The first kappa shape index (κ1) is 24.8. The second kappa shape index (κ2) is 9.76. The molecule has 2 fully saturated rings. The van der Waals surface area contributed by atoms with Crippen molar-refractivity contribution in [1.29, 1.82) is 5.26 Å². The van der Waals surface area contributed by atoms with Crippen molar-refractivity contribution in [2.24, 2.45) is 17.3 Å². The second-order valence-electron chi connectivity index (χ2n) is 10.4. The topological polar surface area (TPSA) is 136 Å². The van der Waals surface area contributed by atoms with E-state index in [0.29, 0.717) is 18.0 Å². The molecule has 1 aromatic carbocycles. The molecule has 0 unspecified atom stereocenters. The first-order valence-electron chi connectivity index (χ1n) is 11.8. The zero-order valence-corrected chi connectivity index (χ0v) is 20.1. The number of allylic oxidation sites excluding steroid dienone is 1. The summed E-state index contributed by atoms with van der Waals surface area (Å²) in [7, 11) is -1.81. The van der Waals surface area contributed by atoms with Gasteiger partial charge in [0, 0.05) is 11.9 Å². The second-order valence-corrected chi connectivity index (χ2v) is 10.4. The number of rotatable bonds is 7. The summed E-state index contributed by atoms with van der Waals surface area (Å²) >= 11 is 0. The predicted molar refractivity (Wildman–Crippen MR) is 129 cm³/mol. The molecule has 1 saturated heterocycles. The number of piperidine rings is 1. The van der Waals surface area contributed by atoms with Crippen LogP contribution in [0.3, 0.4) is 0 Å². The fourth-order valence-corrected chi connectivity index (χ4v) is 4.76. The summed E-state index contributed by atoms with van der Waals surface area (Å²) < 4.78 is 10.9. The molecule has 2 heterocycles.